The summed E-state index contributed by atoms with van der Waals surface area (Å²) in [4.78, 5) is 13.7. The first kappa shape index (κ1) is 25.6. The number of benzene rings is 4. The van der Waals surface area contributed by atoms with E-state index in [9.17, 15) is 0 Å². The maximum Gasteiger partial charge on any atom is 0.222 e. The molecule has 4 aromatic carbocycles. The summed E-state index contributed by atoms with van der Waals surface area (Å²) in [6, 6.07) is 35.1. The molecule has 0 fully saturated rings. The summed E-state index contributed by atoms with van der Waals surface area (Å²) in [5.74, 6) is 2.25. The monoisotopic (exact) mass is 540 g/mol. The lowest BCUT2D eigenvalue weighted by Crippen LogP contribution is -2.02. The minimum absolute atomic E-state index is 0.159. The second-order valence-corrected chi connectivity index (χ2v) is 9.48. The molecule has 8 nitrogen and oxygen atoms in total. The molecule has 8 heteroatoms. The van der Waals surface area contributed by atoms with Gasteiger partial charge in [0, 0.05) is 34.0 Å². The first-order chi connectivity index (χ1) is 20.0. The normalized spacial score (nSPS) is 10.9. The van der Waals surface area contributed by atoms with Crippen LogP contribution in [0.15, 0.2) is 109 Å². The van der Waals surface area contributed by atoms with Crippen molar-refractivity contribution in [3.63, 3.8) is 0 Å². The third-order valence-electron chi connectivity index (χ3n) is 6.62. The van der Waals surface area contributed by atoms with Crippen LogP contribution in [0.25, 0.3) is 33.4 Å². The highest BCUT2D eigenvalue weighted by molar-refractivity contribution is 5.95. The second kappa shape index (κ2) is 11.2. The maximum atomic E-state index is 6.46. The number of anilines is 4. The topological polar surface area (TPSA) is 121 Å². The van der Waals surface area contributed by atoms with Gasteiger partial charge in [0.25, 0.3) is 0 Å². The van der Waals surface area contributed by atoms with E-state index in [1.54, 1.807) is 7.11 Å². The maximum absolute atomic E-state index is 6.46. The summed E-state index contributed by atoms with van der Waals surface area (Å²) in [5.41, 5.74) is 19.2. The molecule has 2 aromatic heterocycles. The van der Waals surface area contributed by atoms with Gasteiger partial charge < -0.3 is 26.3 Å². The van der Waals surface area contributed by atoms with E-state index in [2.05, 4.69) is 15.3 Å². The molecular formula is C33H28N6O2. The molecule has 0 saturated carbocycles. The lowest BCUT2D eigenvalue weighted by Gasteiger charge is -2.12. The zero-order valence-corrected chi connectivity index (χ0v) is 22.4. The molecule has 0 radical (unpaired) electrons. The Kier molecular flexibility index (Phi) is 7.02. The third kappa shape index (κ3) is 5.86. The highest BCUT2D eigenvalue weighted by Gasteiger charge is 2.10. The van der Waals surface area contributed by atoms with Gasteiger partial charge in [-0.1, -0.05) is 42.5 Å². The molecule has 5 N–H and O–H groups in total. The first-order valence-electron chi connectivity index (χ1n) is 13.1. The number of nitrogens with zero attached hydrogens (tertiary/aromatic N) is 3. The molecule has 0 aliphatic rings. The molecule has 0 spiro atoms. The smallest absolute Gasteiger partial charge is 0.222 e. The van der Waals surface area contributed by atoms with Crippen molar-refractivity contribution in [1.29, 1.82) is 0 Å². The van der Waals surface area contributed by atoms with Crippen molar-refractivity contribution in [3.05, 3.63) is 115 Å². The van der Waals surface area contributed by atoms with Crippen LogP contribution in [0.5, 0.6) is 11.5 Å². The van der Waals surface area contributed by atoms with Gasteiger partial charge in [-0.25, -0.2) is 9.97 Å². The Bertz CT molecular complexity index is 1820. The molecule has 41 heavy (non-hydrogen) atoms. The Morgan fingerprint density at radius 1 is 0.683 bits per heavy atom. The van der Waals surface area contributed by atoms with Gasteiger partial charge in [-0.3, -0.25) is 0 Å². The van der Waals surface area contributed by atoms with Crippen LogP contribution >= 0.6 is 0 Å². The Morgan fingerprint density at radius 2 is 1.49 bits per heavy atom. The van der Waals surface area contributed by atoms with Crippen molar-refractivity contribution >= 4 is 34.0 Å². The fourth-order valence-corrected chi connectivity index (χ4v) is 4.55. The summed E-state index contributed by atoms with van der Waals surface area (Å²) in [6.45, 7) is 0.477. The van der Waals surface area contributed by atoms with Gasteiger partial charge in [-0.2, -0.15) is 4.98 Å². The van der Waals surface area contributed by atoms with Crippen LogP contribution in [0.3, 0.4) is 0 Å². The van der Waals surface area contributed by atoms with Crippen molar-refractivity contribution in [1.82, 2.24) is 15.0 Å². The molecule has 0 saturated heterocycles. The first-order valence-corrected chi connectivity index (χ1v) is 13.1. The number of fused-ring (bicyclic) bond motifs is 1. The van der Waals surface area contributed by atoms with Crippen LogP contribution in [0.2, 0.25) is 0 Å². The fourth-order valence-electron chi connectivity index (χ4n) is 4.55. The lowest BCUT2D eigenvalue weighted by atomic mass is 10.1. The number of pyridine rings is 1. The number of nitrogens with one attached hydrogen (secondary N) is 1. The highest BCUT2D eigenvalue weighted by atomic mass is 16.5. The molecule has 6 rings (SSSR count). The largest absolute Gasteiger partial charge is 0.497 e. The van der Waals surface area contributed by atoms with Crippen molar-refractivity contribution in [2.75, 3.05) is 23.9 Å². The number of rotatable bonds is 8. The SMILES string of the molecule is COc1ccc(-c2cc(N)c3cc(Nc4cc(-c5cccc(OCc6ccccc6)c5)nc(N)n4)ccc3n2)cc1. The van der Waals surface area contributed by atoms with Crippen LogP contribution in [0.4, 0.5) is 23.1 Å². The Balaban J connectivity index is 1.23. The van der Waals surface area contributed by atoms with Crippen LogP contribution in [0, 0.1) is 0 Å². The summed E-state index contributed by atoms with van der Waals surface area (Å²) in [6.07, 6.45) is 0. The van der Waals surface area contributed by atoms with E-state index in [0.717, 1.165) is 50.5 Å². The molecule has 2 heterocycles. The quantitative estimate of drug-likeness (QED) is 0.192. The number of ether oxygens (including phenoxy) is 2. The zero-order valence-electron chi connectivity index (χ0n) is 22.4. The van der Waals surface area contributed by atoms with Crippen LogP contribution in [0.1, 0.15) is 5.56 Å². The minimum Gasteiger partial charge on any atom is -0.497 e. The number of aromatic nitrogens is 3. The molecule has 202 valence electrons. The fraction of sp³-hybridized carbons (Fsp3) is 0.0606. The van der Waals surface area contributed by atoms with Crippen molar-refractivity contribution in [2.45, 2.75) is 6.61 Å². The number of nitrogen functional groups attached to an aromatic ring is 2. The van der Waals surface area contributed by atoms with Gasteiger partial charge >= 0.3 is 0 Å². The van der Waals surface area contributed by atoms with Gasteiger partial charge in [0.1, 0.15) is 23.9 Å². The van der Waals surface area contributed by atoms with Gasteiger partial charge in [0.05, 0.1) is 24.0 Å². The van der Waals surface area contributed by atoms with Crippen molar-refractivity contribution in [2.24, 2.45) is 0 Å². The van der Waals surface area contributed by atoms with Gasteiger partial charge in [0.15, 0.2) is 0 Å². The van der Waals surface area contributed by atoms with E-state index >= 15 is 0 Å². The Labute approximate surface area is 237 Å². The second-order valence-electron chi connectivity index (χ2n) is 9.48. The van der Waals surface area contributed by atoms with Crippen LogP contribution in [-0.2, 0) is 6.61 Å². The number of nitrogens with two attached hydrogens (primary N) is 2. The lowest BCUT2D eigenvalue weighted by molar-refractivity contribution is 0.306. The van der Waals surface area contributed by atoms with E-state index in [1.807, 2.05) is 109 Å². The standard InChI is InChI=1S/C33H28N6O2/c1-40-25-13-10-22(11-14-25)30-18-28(34)27-17-24(12-15-29(27)37-30)36-32-19-31(38-33(35)39-32)23-8-5-9-26(16-23)41-20-21-6-3-2-4-7-21/h2-19H,20H2,1H3,(H2,34,37)(H3,35,36,38,39). The van der Waals surface area contributed by atoms with Crippen molar-refractivity contribution in [3.8, 4) is 34.0 Å². The molecule has 6 aromatic rings. The average Bonchev–Trinajstić information content (AvgIpc) is 3.01. The predicted molar refractivity (Wildman–Crippen MR) is 164 cm³/mol. The highest BCUT2D eigenvalue weighted by Crippen LogP contribution is 2.31. The number of hydrogen-bond acceptors (Lipinski definition) is 8. The molecule has 0 bridgehead atoms. The molecule has 0 atom stereocenters. The van der Waals surface area contributed by atoms with Crippen molar-refractivity contribution < 1.29 is 9.47 Å². The number of hydrogen-bond donors (Lipinski definition) is 3. The van der Waals surface area contributed by atoms with E-state index in [-0.39, 0.29) is 5.95 Å². The molecule has 0 aliphatic carbocycles. The van der Waals surface area contributed by atoms with Gasteiger partial charge in [-0.05, 0) is 66.2 Å². The molecule has 0 unspecified atom stereocenters. The summed E-state index contributed by atoms with van der Waals surface area (Å²) < 4.78 is 11.3. The van der Waals surface area contributed by atoms with E-state index in [4.69, 9.17) is 25.9 Å². The third-order valence-corrected chi connectivity index (χ3v) is 6.62. The number of methoxy groups -OCH3 is 1. The average molecular weight is 541 g/mol. The predicted octanol–water partition coefficient (Wildman–Crippen LogP) is 6.85. The molecule has 0 aliphatic heterocycles. The molecular weight excluding hydrogens is 512 g/mol. The zero-order chi connectivity index (χ0) is 28.2. The van der Waals surface area contributed by atoms with Crippen LogP contribution < -0.4 is 26.3 Å². The summed E-state index contributed by atoms with van der Waals surface area (Å²) >= 11 is 0. The Morgan fingerprint density at radius 3 is 2.29 bits per heavy atom. The van der Waals surface area contributed by atoms with E-state index < -0.39 is 0 Å². The molecule has 0 amide bonds. The summed E-state index contributed by atoms with van der Waals surface area (Å²) in [7, 11) is 1.64. The van der Waals surface area contributed by atoms with E-state index in [0.29, 0.717) is 23.8 Å². The minimum atomic E-state index is 0.159. The van der Waals surface area contributed by atoms with Gasteiger partial charge in [0.2, 0.25) is 5.95 Å². The summed E-state index contributed by atoms with van der Waals surface area (Å²) in [5, 5.41) is 4.17. The van der Waals surface area contributed by atoms with E-state index in [1.165, 1.54) is 0 Å². The van der Waals surface area contributed by atoms with Gasteiger partial charge in [-0.15, -0.1) is 0 Å². The Hall–Kier alpha value is -5.63. The van der Waals surface area contributed by atoms with Crippen LogP contribution in [-0.4, -0.2) is 22.1 Å².